The van der Waals surface area contributed by atoms with Crippen LogP contribution in [0.25, 0.3) is 0 Å². The van der Waals surface area contributed by atoms with Crippen molar-refractivity contribution in [1.29, 1.82) is 0 Å². The van der Waals surface area contributed by atoms with Gasteiger partial charge < -0.3 is 9.47 Å². The fourth-order valence-corrected chi connectivity index (χ4v) is 1.99. The predicted octanol–water partition coefficient (Wildman–Crippen LogP) is 2.49. The molecule has 0 aromatic heterocycles. The maximum absolute atomic E-state index is 12.5. The summed E-state index contributed by atoms with van der Waals surface area (Å²) in [6.07, 6.45) is 0. The lowest BCUT2D eigenvalue weighted by Gasteiger charge is -2.07. The van der Waals surface area contributed by atoms with E-state index in [1.165, 1.54) is 32.4 Å². The number of rotatable bonds is 4. The molecule has 0 bridgehead atoms. The van der Waals surface area contributed by atoms with Crippen molar-refractivity contribution in [2.24, 2.45) is 0 Å². The zero-order chi connectivity index (χ0) is 16.1. The van der Waals surface area contributed by atoms with Crippen LogP contribution in [0.15, 0.2) is 48.5 Å². The van der Waals surface area contributed by atoms with Crippen LogP contribution in [0.4, 0.5) is 0 Å². The minimum atomic E-state index is -0.632. The number of carbonyl (C=O) groups is 3. The molecule has 0 radical (unpaired) electrons. The van der Waals surface area contributed by atoms with Gasteiger partial charge in [-0.25, -0.2) is 9.59 Å². The van der Waals surface area contributed by atoms with E-state index < -0.39 is 11.9 Å². The number of hydrogen-bond donors (Lipinski definition) is 0. The molecular formula is C17H14O5. The van der Waals surface area contributed by atoms with Gasteiger partial charge in [0.1, 0.15) is 0 Å². The van der Waals surface area contributed by atoms with Crippen molar-refractivity contribution < 1.29 is 23.9 Å². The number of carbonyl (C=O) groups excluding carboxylic acids is 3. The molecule has 112 valence electrons. The SMILES string of the molecule is COC(=O)c1cc(C(=O)OC)cc(C(=O)c2ccccc2)c1. The monoisotopic (exact) mass is 298 g/mol. The van der Waals surface area contributed by atoms with E-state index >= 15 is 0 Å². The maximum atomic E-state index is 12.5. The summed E-state index contributed by atoms with van der Waals surface area (Å²) in [5.74, 6) is -1.56. The van der Waals surface area contributed by atoms with Gasteiger partial charge in [0.15, 0.2) is 5.78 Å². The van der Waals surface area contributed by atoms with Crippen molar-refractivity contribution in [3.63, 3.8) is 0 Å². The van der Waals surface area contributed by atoms with Crippen LogP contribution in [0.2, 0.25) is 0 Å². The summed E-state index contributed by atoms with van der Waals surface area (Å²) in [5.41, 5.74) is 0.907. The molecule has 0 N–H and O–H groups in total. The normalized spacial score (nSPS) is 9.91. The highest BCUT2D eigenvalue weighted by Gasteiger charge is 2.17. The van der Waals surface area contributed by atoms with E-state index in [2.05, 4.69) is 9.47 Å². The Morgan fingerprint density at radius 3 is 1.59 bits per heavy atom. The van der Waals surface area contributed by atoms with Crippen LogP contribution in [0.3, 0.4) is 0 Å². The smallest absolute Gasteiger partial charge is 0.337 e. The van der Waals surface area contributed by atoms with Crippen molar-refractivity contribution in [3.8, 4) is 0 Å². The van der Waals surface area contributed by atoms with Crippen LogP contribution in [-0.2, 0) is 9.47 Å². The van der Waals surface area contributed by atoms with Gasteiger partial charge >= 0.3 is 11.9 Å². The highest BCUT2D eigenvalue weighted by atomic mass is 16.5. The van der Waals surface area contributed by atoms with Gasteiger partial charge in [-0.2, -0.15) is 0 Å². The second kappa shape index (κ2) is 6.67. The first kappa shape index (κ1) is 15.4. The van der Waals surface area contributed by atoms with Crippen LogP contribution in [0.5, 0.6) is 0 Å². The third-order valence-corrected chi connectivity index (χ3v) is 3.07. The van der Waals surface area contributed by atoms with Crippen LogP contribution >= 0.6 is 0 Å². The summed E-state index contributed by atoms with van der Waals surface area (Å²) in [5, 5.41) is 0. The molecule has 0 spiro atoms. The minimum Gasteiger partial charge on any atom is -0.465 e. The lowest BCUT2D eigenvalue weighted by atomic mass is 9.98. The standard InChI is InChI=1S/C17H14O5/c1-21-16(19)13-8-12(9-14(10-13)17(20)22-2)15(18)11-6-4-3-5-7-11/h3-10H,1-2H3. The molecule has 0 saturated carbocycles. The van der Waals surface area contributed by atoms with E-state index in [4.69, 9.17) is 0 Å². The minimum absolute atomic E-state index is 0.115. The molecule has 22 heavy (non-hydrogen) atoms. The Bertz CT molecular complexity index is 685. The highest BCUT2D eigenvalue weighted by molar-refractivity contribution is 6.11. The summed E-state index contributed by atoms with van der Waals surface area (Å²) in [6, 6.07) is 12.7. The van der Waals surface area contributed by atoms with E-state index in [-0.39, 0.29) is 22.5 Å². The Labute approximate surface area is 127 Å². The summed E-state index contributed by atoms with van der Waals surface area (Å²) >= 11 is 0. The lowest BCUT2D eigenvalue weighted by Crippen LogP contribution is -2.10. The molecule has 0 aliphatic rings. The average Bonchev–Trinajstić information content (AvgIpc) is 2.59. The molecule has 0 aliphatic carbocycles. The van der Waals surface area contributed by atoms with Gasteiger partial charge in [0.25, 0.3) is 0 Å². The number of esters is 2. The molecule has 0 atom stereocenters. The second-order valence-corrected chi connectivity index (χ2v) is 4.48. The van der Waals surface area contributed by atoms with Gasteiger partial charge in [-0.3, -0.25) is 4.79 Å². The fraction of sp³-hybridized carbons (Fsp3) is 0.118. The van der Waals surface area contributed by atoms with Crippen LogP contribution in [-0.4, -0.2) is 31.9 Å². The number of methoxy groups -OCH3 is 2. The zero-order valence-electron chi connectivity index (χ0n) is 12.2. The van der Waals surface area contributed by atoms with Crippen molar-refractivity contribution in [2.75, 3.05) is 14.2 Å². The Hall–Kier alpha value is -2.95. The molecule has 0 aliphatic heterocycles. The van der Waals surface area contributed by atoms with Crippen LogP contribution in [0, 0.1) is 0 Å². The number of hydrogen-bond acceptors (Lipinski definition) is 5. The third-order valence-electron chi connectivity index (χ3n) is 3.07. The van der Waals surface area contributed by atoms with Crippen molar-refractivity contribution in [1.82, 2.24) is 0 Å². The number of ether oxygens (including phenoxy) is 2. The Kier molecular flexibility index (Phi) is 4.68. The number of ketones is 1. The first-order valence-corrected chi connectivity index (χ1v) is 6.48. The van der Waals surface area contributed by atoms with E-state index in [9.17, 15) is 14.4 Å². The van der Waals surface area contributed by atoms with Gasteiger partial charge in [0, 0.05) is 11.1 Å². The van der Waals surface area contributed by atoms with E-state index in [1.807, 2.05) is 0 Å². The van der Waals surface area contributed by atoms with E-state index in [0.717, 1.165) is 0 Å². The first-order chi connectivity index (χ1) is 10.6. The van der Waals surface area contributed by atoms with E-state index in [1.54, 1.807) is 30.3 Å². The molecule has 5 nitrogen and oxygen atoms in total. The quantitative estimate of drug-likeness (QED) is 0.640. The predicted molar refractivity (Wildman–Crippen MR) is 79.0 cm³/mol. The average molecular weight is 298 g/mol. The second-order valence-electron chi connectivity index (χ2n) is 4.48. The maximum Gasteiger partial charge on any atom is 0.337 e. The zero-order valence-corrected chi connectivity index (χ0v) is 12.2. The Morgan fingerprint density at radius 1 is 0.682 bits per heavy atom. The largest absolute Gasteiger partial charge is 0.465 e. The third kappa shape index (κ3) is 3.20. The molecule has 0 amide bonds. The number of benzene rings is 2. The van der Waals surface area contributed by atoms with Gasteiger partial charge in [-0.05, 0) is 18.2 Å². The molecule has 0 fully saturated rings. The fourth-order valence-electron chi connectivity index (χ4n) is 1.99. The molecule has 5 heteroatoms. The topological polar surface area (TPSA) is 69.7 Å². The summed E-state index contributed by atoms with van der Waals surface area (Å²) < 4.78 is 9.29. The van der Waals surface area contributed by atoms with E-state index in [0.29, 0.717) is 5.56 Å². The van der Waals surface area contributed by atoms with Gasteiger partial charge in [-0.1, -0.05) is 30.3 Å². The molecular weight excluding hydrogens is 284 g/mol. The van der Waals surface area contributed by atoms with Crippen molar-refractivity contribution in [2.45, 2.75) is 0 Å². The molecule has 2 rings (SSSR count). The van der Waals surface area contributed by atoms with Gasteiger partial charge in [0.2, 0.25) is 0 Å². The molecule has 2 aromatic carbocycles. The van der Waals surface area contributed by atoms with Gasteiger partial charge in [0.05, 0.1) is 25.3 Å². The Balaban J connectivity index is 2.52. The van der Waals surface area contributed by atoms with Crippen LogP contribution in [0.1, 0.15) is 36.6 Å². The van der Waals surface area contributed by atoms with Gasteiger partial charge in [-0.15, -0.1) is 0 Å². The summed E-state index contributed by atoms with van der Waals surface area (Å²) in [4.78, 5) is 35.9. The highest BCUT2D eigenvalue weighted by Crippen LogP contribution is 2.16. The lowest BCUT2D eigenvalue weighted by molar-refractivity contribution is 0.0599. The molecule has 0 heterocycles. The van der Waals surface area contributed by atoms with Crippen LogP contribution < -0.4 is 0 Å². The summed E-state index contributed by atoms with van der Waals surface area (Å²) in [6.45, 7) is 0. The summed E-state index contributed by atoms with van der Waals surface area (Å²) in [7, 11) is 2.46. The molecule has 0 unspecified atom stereocenters. The molecule has 0 saturated heterocycles. The van der Waals surface area contributed by atoms with Crippen molar-refractivity contribution >= 4 is 17.7 Å². The first-order valence-electron chi connectivity index (χ1n) is 6.48. The Morgan fingerprint density at radius 2 is 1.14 bits per heavy atom. The van der Waals surface area contributed by atoms with Crippen molar-refractivity contribution in [3.05, 3.63) is 70.8 Å². The molecule has 2 aromatic rings.